The molecule has 0 amide bonds. The number of carboxylic acids is 1. The predicted molar refractivity (Wildman–Crippen MR) is 50.3 cm³/mol. The first-order chi connectivity index (χ1) is 7.41. The van der Waals surface area contributed by atoms with Gasteiger partial charge in [0.25, 0.3) is 0 Å². The lowest BCUT2D eigenvalue weighted by Crippen LogP contribution is -2.05. The normalized spacial score (nSPS) is 11.9. The molecule has 0 fully saturated rings. The van der Waals surface area contributed by atoms with Crippen molar-refractivity contribution >= 4 is 16.9 Å². The Balaban J connectivity index is 2.77. The number of hydrogen-bond acceptors (Lipinski definition) is 1. The fourth-order valence-corrected chi connectivity index (χ4v) is 1.57. The summed E-state index contributed by atoms with van der Waals surface area (Å²) in [6.07, 6.45) is -3.44. The van der Waals surface area contributed by atoms with Crippen molar-refractivity contribution in [1.82, 2.24) is 4.98 Å². The second-order valence-electron chi connectivity index (χ2n) is 3.23. The second kappa shape index (κ2) is 3.26. The molecule has 1 aromatic heterocycles. The summed E-state index contributed by atoms with van der Waals surface area (Å²) in [4.78, 5) is 13.1. The Labute approximate surface area is 87.5 Å². The van der Waals surface area contributed by atoms with E-state index >= 15 is 0 Å². The molecule has 84 valence electrons. The van der Waals surface area contributed by atoms with Crippen molar-refractivity contribution in [3.05, 3.63) is 35.5 Å². The Morgan fingerprint density at radius 1 is 1.31 bits per heavy atom. The highest BCUT2D eigenvalue weighted by Crippen LogP contribution is 2.34. The highest BCUT2D eigenvalue weighted by molar-refractivity contribution is 6.04. The average molecular weight is 229 g/mol. The van der Waals surface area contributed by atoms with Crippen LogP contribution in [-0.4, -0.2) is 16.1 Å². The zero-order valence-corrected chi connectivity index (χ0v) is 7.80. The van der Waals surface area contributed by atoms with Crippen LogP contribution in [0, 0.1) is 0 Å². The topological polar surface area (TPSA) is 53.1 Å². The summed E-state index contributed by atoms with van der Waals surface area (Å²) >= 11 is 0. The number of carboxylic acid groups (broad SMARTS) is 1. The lowest BCUT2D eigenvalue weighted by Gasteiger charge is -2.07. The zero-order chi connectivity index (χ0) is 11.9. The van der Waals surface area contributed by atoms with Gasteiger partial charge in [-0.05, 0) is 6.07 Å². The third-order valence-corrected chi connectivity index (χ3v) is 2.25. The summed E-state index contributed by atoms with van der Waals surface area (Å²) in [5, 5.41) is 8.82. The molecule has 0 atom stereocenters. The maximum Gasteiger partial charge on any atom is 0.418 e. The van der Waals surface area contributed by atoms with Gasteiger partial charge in [-0.25, -0.2) is 4.79 Å². The number of hydrogen-bond donors (Lipinski definition) is 2. The lowest BCUT2D eigenvalue weighted by molar-refractivity contribution is -0.136. The van der Waals surface area contributed by atoms with Gasteiger partial charge in [0.15, 0.2) is 0 Å². The van der Waals surface area contributed by atoms with E-state index in [4.69, 9.17) is 5.11 Å². The molecule has 1 heterocycles. The van der Waals surface area contributed by atoms with E-state index in [1.165, 1.54) is 12.1 Å². The number of rotatable bonds is 1. The zero-order valence-electron chi connectivity index (χ0n) is 7.80. The summed E-state index contributed by atoms with van der Waals surface area (Å²) in [6, 6.07) is 3.43. The Kier molecular flexibility index (Phi) is 2.15. The minimum Gasteiger partial charge on any atom is -0.478 e. The van der Waals surface area contributed by atoms with Crippen molar-refractivity contribution in [3.63, 3.8) is 0 Å². The Morgan fingerprint density at radius 3 is 2.56 bits per heavy atom. The lowest BCUT2D eigenvalue weighted by atomic mass is 10.1. The van der Waals surface area contributed by atoms with Gasteiger partial charge in [0, 0.05) is 11.6 Å². The molecule has 0 saturated heterocycles. The van der Waals surface area contributed by atoms with E-state index in [1.807, 2.05) is 0 Å². The Morgan fingerprint density at radius 2 is 2.00 bits per heavy atom. The van der Waals surface area contributed by atoms with Gasteiger partial charge >= 0.3 is 12.1 Å². The van der Waals surface area contributed by atoms with Crippen LogP contribution in [0.2, 0.25) is 0 Å². The van der Waals surface area contributed by atoms with E-state index in [9.17, 15) is 18.0 Å². The number of alkyl halides is 3. The van der Waals surface area contributed by atoms with E-state index in [0.717, 1.165) is 12.3 Å². The minimum atomic E-state index is -4.50. The summed E-state index contributed by atoms with van der Waals surface area (Å²) in [6.45, 7) is 0. The highest BCUT2D eigenvalue weighted by atomic mass is 19.4. The largest absolute Gasteiger partial charge is 0.478 e. The SMILES string of the molecule is O=C(O)c1c[nH]c2c(C(F)(F)F)cccc12. The third kappa shape index (κ3) is 1.52. The number of para-hydroxylation sites is 1. The standard InChI is InChI=1S/C10H6F3NO2/c11-10(12,13)7-3-1-2-5-6(9(15)16)4-14-8(5)7/h1-4,14H,(H,15,16). The first-order valence-electron chi connectivity index (χ1n) is 4.32. The van der Waals surface area contributed by atoms with E-state index in [1.54, 1.807) is 0 Å². The minimum absolute atomic E-state index is 0.0577. The van der Waals surface area contributed by atoms with Crippen LogP contribution in [-0.2, 0) is 6.18 Å². The molecule has 16 heavy (non-hydrogen) atoms. The van der Waals surface area contributed by atoms with Gasteiger partial charge < -0.3 is 10.1 Å². The molecule has 0 aliphatic rings. The smallest absolute Gasteiger partial charge is 0.418 e. The number of H-pyrrole nitrogens is 1. The number of fused-ring (bicyclic) bond motifs is 1. The van der Waals surface area contributed by atoms with Crippen LogP contribution in [0.1, 0.15) is 15.9 Å². The summed E-state index contributed by atoms with van der Waals surface area (Å²) < 4.78 is 37.7. The van der Waals surface area contributed by atoms with Gasteiger partial charge in [-0.3, -0.25) is 0 Å². The van der Waals surface area contributed by atoms with Crippen LogP contribution in [0.4, 0.5) is 13.2 Å². The van der Waals surface area contributed by atoms with Gasteiger partial charge in [0.2, 0.25) is 0 Å². The first kappa shape index (κ1) is 10.5. The molecule has 0 bridgehead atoms. The Hall–Kier alpha value is -1.98. The van der Waals surface area contributed by atoms with E-state index in [-0.39, 0.29) is 16.5 Å². The van der Waals surface area contributed by atoms with Crippen LogP contribution in [0.25, 0.3) is 10.9 Å². The van der Waals surface area contributed by atoms with Crippen molar-refractivity contribution in [1.29, 1.82) is 0 Å². The quantitative estimate of drug-likeness (QED) is 0.789. The van der Waals surface area contributed by atoms with E-state index in [0.29, 0.717) is 0 Å². The van der Waals surface area contributed by atoms with E-state index < -0.39 is 17.7 Å². The highest BCUT2D eigenvalue weighted by Gasteiger charge is 2.33. The van der Waals surface area contributed by atoms with Gasteiger partial charge in [-0.2, -0.15) is 13.2 Å². The molecular formula is C10H6F3NO2. The number of halogens is 3. The molecule has 1 aromatic carbocycles. The molecule has 0 radical (unpaired) electrons. The fraction of sp³-hybridized carbons (Fsp3) is 0.100. The molecule has 0 aliphatic carbocycles. The number of benzene rings is 1. The second-order valence-corrected chi connectivity index (χ2v) is 3.23. The van der Waals surface area contributed by atoms with Gasteiger partial charge in [0.1, 0.15) is 0 Å². The molecule has 0 spiro atoms. The number of aromatic carboxylic acids is 1. The maximum atomic E-state index is 12.6. The average Bonchev–Trinajstić information content (AvgIpc) is 2.58. The number of carbonyl (C=O) groups is 1. The molecule has 0 unspecified atom stereocenters. The molecular weight excluding hydrogens is 223 g/mol. The van der Waals surface area contributed by atoms with Crippen LogP contribution < -0.4 is 0 Å². The molecule has 3 nitrogen and oxygen atoms in total. The molecule has 0 aliphatic heterocycles. The fourth-order valence-electron chi connectivity index (χ4n) is 1.57. The molecule has 6 heteroatoms. The molecule has 2 aromatic rings. The van der Waals surface area contributed by atoms with Gasteiger partial charge in [-0.1, -0.05) is 12.1 Å². The van der Waals surface area contributed by atoms with Crippen molar-refractivity contribution in [2.24, 2.45) is 0 Å². The van der Waals surface area contributed by atoms with Crippen LogP contribution in [0.5, 0.6) is 0 Å². The number of aromatic amines is 1. The van der Waals surface area contributed by atoms with Crippen LogP contribution in [0.3, 0.4) is 0 Å². The van der Waals surface area contributed by atoms with Crippen LogP contribution in [0.15, 0.2) is 24.4 Å². The van der Waals surface area contributed by atoms with Gasteiger partial charge in [-0.15, -0.1) is 0 Å². The Bertz CT molecular complexity index is 557. The van der Waals surface area contributed by atoms with Crippen molar-refractivity contribution in [2.75, 3.05) is 0 Å². The predicted octanol–water partition coefficient (Wildman–Crippen LogP) is 2.88. The summed E-state index contributed by atoms with van der Waals surface area (Å²) in [7, 11) is 0. The summed E-state index contributed by atoms with van der Waals surface area (Å²) in [5.74, 6) is -1.26. The molecule has 0 saturated carbocycles. The monoisotopic (exact) mass is 229 g/mol. The first-order valence-corrected chi connectivity index (χ1v) is 4.32. The van der Waals surface area contributed by atoms with Crippen molar-refractivity contribution < 1.29 is 23.1 Å². The van der Waals surface area contributed by atoms with Gasteiger partial charge in [0.05, 0.1) is 16.6 Å². The number of nitrogens with one attached hydrogen (secondary N) is 1. The van der Waals surface area contributed by atoms with Crippen molar-refractivity contribution in [3.8, 4) is 0 Å². The number of aromatic nitrogens is 1. The summed E-state index contributed by atoms with van der Waals surface area (Å²) in [5.41, 5.74) is -1.23. The van der Waals surface area contributed by atoms with Crippen molar-refractivity contribution in [2.45, 2.75) is 6.18 Å². The van der Waals surface area contributed by atoms with E-state index in [2.05, 4.69) is 4.98 Å². The third-order valence-electron chi connectivity index (χ3n) is 2.25. The van der Waals surface area contributed by atoms with Crippen LogP contribution >= 0.6 is 0 Å². The molecule has 2 N–H and O–H groups in total. The molecule has 2 rings (SSSR count). The maximum absolute atomic E-state index is 12.6.